The van der Waals surface area contributed by atoms with Crippen LogP contribution in [0.5, 0.6) is 11.6 Å². The van der Waals surface area contributed by atoms with E-state index in [-0.39, 0.29) is 11.3 Å². The molecule has 2 aromatic carbocycles. The third-order valence-electron chi connectivity index (χ3n) is 5.86. The molecule has 1 aromatic heterocycles. The molecule has 4 rings (SSSR count). The summed E-state index contributed by atoms with van der Waals surface area (Å²) in [4.78, 5) is 17.2. The number of benzene rings is 2. The van der Waals surface area contributed by atoms with Crippen LogP contribution in [-0.2, 0) is 21.2 Å². The Morgan fingerprint density at radius 2 is 1.72 bits per heavy atom. The second-order valence-corrected chi connectivity index (χ2v) is 10.5. The maximum absolute atomic E-state index is 13.2. The van der Waals surface area contributed by atoms with Crippen molar-refractivity contribution in [3.63, 3.8) is 0 Å². The Labute approximate surface area is 210 Å². The standard InChI is InChI=1S/C25H28BN3O6S/c30-25(28-23(26(31)32)17-19-9-10-19)22(16-18-6-2-1-3-7-18)29-36(33,34)21-13-11-20(12-14-21)35-24-8-4-5-15-27-24/h1-8,11-15,19,22-23,29,31-32H,9-10,16-17H2,(H,28,30)/t22-,23-/m0/s1. The van der Waals surface area contributed by atoms with Gasteiger partial charge in [-0.1, -0.05) is 49.2 Å². The van der Waals surface area contributed by atoms with Crippen LogP contribution >= 0.6 is 0 Å². The van der Waals surface area contributed by atoms with Crippen LogP contribution in [0.3, 0.4) is 0 Å². The lowest BCUT2D eigenvalue weighted by molar-refractivity contribution is -0.123. The molecule has 36 heavy (non-hydrogen) atoms. The van der Waals surface area contributed by atoms with Gasteiger partial charge >= 0.3 is 7.12 Å². The highest BCUT2D eigenvalue weighted by Gasteiger charge is 2.35. The fourth-order valence-electron chi connectivity index (χ4n) is 3.76. The number of carbonyl (C=O) groups excluding carboxylic acids is 1. The van der Waals surface area contributed by atoms with E-state index in [2.05, 4.69) is 15.0 Å². The highest BCUT2D eigenvalue weighted by Crippen LogP contribution is 2.33. The average molecular weight is 509 g/mol. The van der Waals surface area contributed by atoms with Gasteiger partial charge in [-0.25, -0.2) is 13.4 Å². The fraction of sp³-hybridized carbons (Fsp3) is 0.280. The molecule has 1 fully saturated rings. The first-order valence-electron chi connectivity index (χ1n) is 11.7. The lowest BCUT2D eigenvalue weighted by Crippen LogP contribution is -2.54. The first-order valence-corrected chi connectivity index (χ1v) is 13.2. The molecule has 0 spiro atoms. The van der Waals surface area contributed by atoms with Crippen molar-refractivity contribution >= 4 is 23.0 Å². The van der Waals surface area contributed by atoms with E-state index >= 15 is 0 Å². The fourth-order valence-corrected chi connectivity index (χ4v) is 4.95. The number of rotatable bonds is 12. The summed E-state index contributed by atoms with van der Waals surface area (Å²) in [6, 6.07) is 18.8. The van der Waals surface area contributed by atoms with Crippen molar-refractivity contribution in [2.24, 2.45) is 5.92 Å². The number of pyridine rings is 1. The van der Waals surface area contributed by atoms with Crippen LogP contribution in [0.2, 0.25) is 0 Å². The van der Waals surface area contributed by atoms with E-state index in [4.69, 9.17) is 4.74 Å². The quantitative estimate of drug-likeness (QED) is 0.274. The van der Waals surface area contributed by atoms with Gasteiger partial charge in [0.15, 0.2) is 0 Å². The minimum absolute atomic E-state index is 0.0431. The van der Waals surface area contributed by atoms with E-state index in [1.54, 1.807) is 48.7 Å². The Kier molecular flexibility index (Phi) is 8.37. The van der Waals surface area contributed by atoms with Gasteiger partial charge < -0.3 is 20.1 Å². The van der Waals surface area contributed by atoms with Crippen molar-refractivity contribution < 1.29 is 28.0 Å². The maximum Gasteiger partial charge on any atom is 0.475 e. The van der Waals surface area contributed by atoms with Gasteiger partial charge in [-0.3, -0.25) is 4.79 Å². The van der Waals surface area contributed by atoms with Gasteiger partial charge in [0.25, 0.3) is 0 Å². The molecule has 4 N–H and O–H groups in total. The topological polar surface area (TPSA) is 138 Å². The van der Waals surface area contributed by atoms with Crippen molar-refractivity contribution in [3.05, 3.63) is 84.6 Å². The van der Waals surface area contributed by atoms with Gasteiger partial charge in [0, 0.05) is 12.3 Å². The molecule has 1 amide bonds. The van der Waals surface area contributed by atoms with Gasteiger partial charge in [-0.05, 0) is 54.7 Å². The summed E-state index contributed by atoms with van der Waals surface area (Å²) in [5.74, 6) is -0.399. The Bertz CT molecular complexity index is 1240. The zero-order valence-electron chi connectivity index (χ0n) is 19.5. The molecule has 2 atom stereocenters. The molecular weight excluding hydrogens is 481 g/mol. The number of aromatic nitrogens is 1. The van der Waals surface area contributed by atoms with Gasteiger partial charge in [-0.2, -0.15) is 4.72 Å². The van der Waals surface area contributed by atoms with Crippen LogP contribution in [-0.4, -0.2) is 48.5 Å². The van der Waals surface area contributed by atoms with E-state index in [9.17, 15) is 23.3 Å². The SMILES string of the molecule is O=C(N[C@@H](CC1CC1)B(O)O)[C@H](Cc1ccccc1)NS(=O)(=O)c1ccc(Oc2ccccn2)cc1. The molecule has 11 heteroatoms. The van der Waals surface area contributed by atoms with E-state index in [1.165, 1.54) is 24.3 Å². The normalized spacial score (nSPS) is 15.1. The third-order valence-corrected chi connectivity index (χ3v) is 7.35. The maximum atomic E-state index is 13.2. The van der Waals surface area contributed by atoms with Crippen molar-refractivity contribution in [1.82, 2.24) is 15.0 Å². The number of amides is 1. The molecule has 3 aromatic rings. The summed E-state index contributed by atoms with van der Waals surface area (Å²) < 4.78 is 34.4. The van der Waals surface area contributed by atoms with Crippen LogP contribution < -0.4 is 14.8 Å². The van der Waals surface area contributed by atoms with Crippen LogP contribution in [0.25, 0.3) is 0 Å². The monoisotopic (exact) mass is 509 g/mol. The van der Waals surface area contributed by atoms with Crippen LogP contribution in [0, 0.1) is 5.92 Å². The van der Waals surface area contributed by atoms with Crippen LogP contribution in [0.4, 0.5) is 0 Å². The van der Waals surface area contributed by atoms with Gasteiger partial charge in [0.1, 0.15) is 11.8 Å². The Morgan fingerprint density at radius 1 is 1.03 bits per heavy atom. The first-order chi connectivity index (χ1) is 17.3. The minimum Gasteiger partial charge on any atom is -0.439 e. The zero-order chi connectivity index (χ0) is 25.5. The summed E-state index contributed by atoms with van der Waals surface area (Å²) >= 11 is 0. The molecule has 1 aliphatic rings. The molecule has 1 saturated carbocycles. The number of carbonyl (C=O) groups is 1. The molecule has 1 aliphatic carbocycles. The second-order valence-electron chi connectivity index (χ2n) is 8.81. The summed E-state index contributed by atoms with van der Waals surface area (Å²) in [5, 5.41) is 22.1. The summed E-state index contributed by atoms with van der Waals surface area (Å²) in [5.41, 5.74) is 0.753. The molecule has 0 bridgehead atoms. The van der Waals surface area contributed by atoms with Crippen molar-refractivity contribution in [2.45, 2.75) is 42.6 Å². The number of ether oxygens (including phenoxy) is 1. The van der Waals surface area contributed by atoms with E-state index in [0.29, 0.717) is 24.0 Å². The number of hydrogen-bond donors (Lipinski definition) is 4. The predicted octanol–water partition coefficient (Wildman–Crippen LogP) is 2.06. The smallest absolute Gasteiger partial charge is 0.439 e. The average Bonchev–Trinajstić information content (AvgIpc) is 3.69. The molecule has 188 valence electrons. The Balaban J connectivity index is 1.50. The van der Waals surface area contributed by atoms with Crippen molar-refractivity contribution in [1.29, 1.82) is 0 Å². The lowest BCUT2D eigenvalue weighted by Gasteiger charge is -2.23. The molecule has 1 heterocycles. The van der Waals surface area contributed by atoms with E-state index in [1.807, 2.05) is 6.07 Å². The predicted molar refractivity (Wildman–Crippen MR) is 134 cm³/mol. The number of nitrogens with zero attached hydrogens (tertiary/aromatic N) is 1. The Hall–Kier alpha value is -3.25. The summed E-state index contributed by atoms with van der Waals surface area (Å²) in [6.45, 7) is 0. The van der Waals surface area contributed by atoms with Gasteiger partial charge in [0.2, 0.25) is 21.8 Å². The van der Waals surface area contributed by atoms with E-state index < -0.39 is 35.0 Å². The molecular formula is C25H28BN3O6S. The minimum atomic E-state index is -4.09. The largest absolute Gasteiger partial charge is 0.475 e. The summed E-state index contributed by atoms with van der Waals surface area (Å²) in [6.07, 6.45) is 4.04. The first kappa shape index (κ1) is 25.8. The molecule has 0 saturated heterocycles. The highest BCUT2D eigenvalue weighted by molar-refractivity contribution is 7.89. The highest BCUT2D eigenvalue weighted by atomic mass is 32.2. The molecule has 0 radical (unpaired) electrons. The zero-order valence-corrected chi connectivity index (χ0v) is 20.3. The summed E-state index contributed by atoms with van der Waals surface area (Å²) in [7, 11) is -5.83. The van der Waals surface area contributed by atoms with Gasteiger partial charge in [-0.15, -0.1) is 0 Å². The Morgan fingerprint density at radius 3 is 2.33 bits per heavy atom. The second kappa shape index (κ2) is 11.7. The van der Waals surface area contributed by atoms with Crippen molar-refractivity contribution in [3.8, 4) is 11.6 Å². The molecule has 9 nitrogen and oxygen atoms in total. The van der Waals surface area contributed by atoms with Gasteiger partial charge in [0.05, 0.1) is 10.8 Å². The van der Waals surface area contributed by atoms with Crippen LogP contribution in [0.1, 0.15) is 24.8 Å². The third kappa shape index (κ3) is 7.38. The molecule has 0 unspecified atom stereocenters. The number of nitrogens with one attached hydrogen (secondary N) is 2. The number of sulfonamides is 1. The molecule has 0 aliphatic heterocycles. The lowest BCUT2D eigenvalue weighted by atomic mass is 9.76. The van der Waals surface area contributed by atoms with E-state index in [0.717, 1.165) is 18.4 Å². The van der Waals surface area contributed by atoms with Crippen molar-refractivity contribution in [2.75, 3.05) is 0 Å². The van der Waals surface area contributed by atoms with Crippen LogP contribution in [0.15, 0.2) is 83.9 Å². The number of hydrogen-bond acceptors (Lipinski definition) is 7.